The van der Waals surface area contributed by atoms with Gasteiger partial charge in [-0.2, -0.15) is 0 Å². The number of hydrogen-bond donors (Lipinski definition) is 2. The van der Waals surface area contributed by atoms with Crippen molar-refractivity contribution in [2.45, 2.75) is 32.2 Å². The molecule has 13 heavy (non-hydrogen) atoms. The van der Waals surface area contributed by atoms with Gasteiger partial charge in [-0.15, -0.1) is 0 Å². The maximum Gasteiger partial charge on any atom is 0.304 e. The molecule has 1 saturated heterocycles. The predicted octanol–water partition coefficient (Wildman–Crippen LogP) is 0.605. The van der Waals surface area contributed by atoms with E-state index in [-0.39, 0.29) is 17.9 Å². The van der Waals surface area contributed by atoms with Crippen LogP contribution in [0.25, 0.3) is 0 Å². The molecule has 4 nitrogen and oxygen atoms in total. The maximum atomic E-state index is 10.5. The monoisotopic (exact) mass is 187 g/mol. The normalized spacial score (nSPS) is 23.8. The summed E-state index contributed by atoms with van der Waals surface area (Å²) in [4.78, 5) is 10.5. The van der Waals surface area contributed by atoms with Crippen LogP contribution < -0.4 is 5.73 Å². The minimum absolute atomic E-state index is 0.0521. The van der Waals surface area contributed by atoms with Crippen molar-refractivity contribution in [3.05, 3.63) is 0 Å². The molecule has 1 unspecified atom stereocenters. The number of hydrogen-bond acceptors (Lipinski definition) is 3. The summed E-state index contributed by atoms with van der Waals surface area (Å²) in [5.41, 5.74) is 5.79. The molecule has 1 atom stereocenters. The third kappa shape index (κ3) is 2.67. The highest BCUT2D eigenvalue weighted by atomic mass is 16.5. The third-order valence-corrected chi connectivity index (χ3v) is 2.92. The molecule has 1 heterocycles. The van der Waals surface area contributed by atoms with E-state index in [0.29, 0.717) is 13.2 Å². The zero-order chi connectivity index (χ0) is 9.90. The minimum Gasteiger partial charge on any atom is -0.481 e. The zero-order valence-electron chi connectivity index (χ0n) is 7.95. The van der Waals surface area contributed by atoms with Crippen LogP contribution in [0.4, 0.5) is 0 Å². The maximum absolute atomic E-state index is 10.5. The highest BCUT2D eigenvalue weighted by Gasteiger charge is 2.34. The molecule has 1 fully saturated rings. The molecule has 76 valence electrons. The smallest absolute Gasteiger partial charge is 0.304 e. The average molecular weight is 187 g/mol. The Kier molecular flexibility index (Phi) is 3.27. The van der Waals surface area contributed by atoms with Crippen LogP contribution in [-0.2, 0) is 9.53 Å². The van der Waals surface area contributed by atoms with E-state index in [1.807, 2.05) is 6.92 Å². The highest BCUT2D eigenvalue weighted by Crippen LogP contribution is 2.33. The molecule has 0 spiro atoms. The Morgan fingerprint density at radius 1 is 1.62 bits per heavy atom. The van der Waals surface area contributed by atoms with Gasteiger partial charge in [0, 0.05) is 19.3 Å². The molecular formula is C9H17NO3. The number of aliphatic carboxylic acids is 1. The van der Waals surface area contributed by atoms with Crippen molar-refractivity contribution < 1.29 is 14.6 Å². The number of rotatable bonds is 3. The molecule has 4 heteroatoms. The lowest BCUT2D eigenvalue weighted by Crippen LogP contribution is -2.44. The molecule has 1 rings (SSSR count). The largest absolute Gasteiger partial charge is 0.481 e. The highest BCUT2D eigenvalue weighted by molar-refractivity contribution is 5.67. The summed E-state index contributed by atoms with van der Waals surface area (Å²) in [6.07, 6.45) is 1.78. The summed E-state index contributed by atoms with van der Waals surface area (Å²) >= 11 is 0. The molecule has 0 amide bonds. The van der Waals surface area contributed by atoms with Crippen molar-refractivity contribution in [2.75, 3.05) is 13.2 Å². The van der Waals surface area contributed by atoms with Gasteiger partial charge in [-0.05, 0) is 18.3 Å². The van der Waals surface area contributed by atoms with Crippen molar-refractivity contribution in [1.29, 1.82) is 0 Å². The van der Waals surface area contributed by atoms with Crippen LogP contribution in [0, 0.1) is 5.41 Å². The average Bonchev–Trinajstić information content (AvgIpc) is 2.04. The first kappa shape index (κ1) is 10.5. The van der Waals surface area contributed by atoms with Gasteiger partial charge < -0.3 is 15.6 Å². The van der Waals surface area contributed by atoms with Gasteiger partial charge in [-0.3, -0.25) is 4.79 Å². The van der Waals surface area contributed by atoms with Crippen molar-refractivity contribution in [3.63, 3.8) is 0 Å². The molecule has 0 aromatic heterocycles. The van der Waals surface area contributed by atoms with Crippen LogP contribution in [0.1, 0.15) is 26.2 Å². The van der Waals surface area contributed by atoms with Gasteiger partial charge in [0.1, 0.15) is 0 Å². The van der Waals surface area contributed by atoms with Gasteiger partial charge in [-0.25, -0.2) is 0 Å². The first-order valence-corrected chi connectivity index (χ1v) is 4.60. The van der Waals surface area contributed by atoms with Crippen LogP contribution >= 0.6 is 0 Å². The Morgan fingerprint density at radius 3 is 2.62 bits per heavy atom. The van der Waals surface area contributed by atoms with Crippen molar-refractivity contribution in [2.24, 2.45) is 11.1 Å². The summed E-state index contributed by atoms with van der Waals surface area (Å²) in [6.45, 7) is 3.44. The second-order valence-corrected chi connectivity index (χ2v) is 3.97. The van der Waals surface area contributed by atoms with E-state index >= 15 is 0 Å². The minimum atomic E-state index is -0.819. The van der Waals surface area contributed by atoms with Gasteiger partial charge in [0.05, 0.1) is 6.42 Å². The molecular weight excluding hydrogens is 170 g/mol. The SMILES string of the molecule is CC1(C(N)CC(=O)O)CCOCC1. The number of carboxylic acid groups (broad SMARTS) is 1. The molecule has 3 N–H and O–H groups in total. The topological polar surface area (TPSA) is 72.6 Å². The van der Waals surface area contributed by atoms with Gasteiger partial charge >= 0.3 is 5.97 Å². The Balaban J connectivity index is 2.51. The zero-order valence-corrected chi connectivity index (χ0v) is 7.95. The quantitative estimate of drug-likeness (QED) is 0.678. The van der Waals surface area contributed by atoms with Gasteiger partial charge in [0.25, 0.3) is 0 Å². The fourth-order valence-electron chi connectivity index (χ4n) is 1.64. The molecule has 0 aromatic rings. The number of nitrogens with two attached hydrogens (primary N) is 1. The molecule has 0 bridgehead atoms. The summed E-state index contributed by atoms with van der Waals surface area (Å²) in [5.74, 6) is -0.819. The van der Waals surface area contributed by atoms with Gasteiger partial charge in [-0.1, -0.05) is 6.92 Å². The summed E-state index contributed by atoms with van der Waals surface area (Å²) in [5, 5.41) is 8.62. The summed E-state index contributed by atoms with van der Waals surface area (Å²) in [6, 6.07) is -0.256. The van der Waals surface area contributed by atoms with Crippen LogP contribution in [0.2, 0.25) is 0 Å². The Hall–Kier alpha value is -0.610. The lowest BCUT2D eigenvalue weighted by atomic mass is 9.75. The number of ether oxygens (including phenoxy) is 1. The third-order valence-electron chi connectivity index (χ3n) is 2.92. The van der Waals surface area contributed by atoms with E-state index in [2.05, 4.69) is 0 Å². The van der Waals surface area contributed by atoms with Gasteiger partial charge in [0.15, 0.2) is 0 Å². The second-order valence-electron chi connectivity index (χ2n) is 3.97. The molecule has 1 aliphatic heterocycles. The second kappa shape index (κ2) is 4.07. The van der Waals surface area contributed by atoms with Gasteiger partial charge in [0.2, 0.25) is 0 Å². The van der Waals surface area contributed by atoms with Crippen molar-refractivity contribution in [3.8, 4) is 0 Å². The summed E-state index contributed by atoms with van der Waals surface area (Å²) < 4.78 is 5.22. The fourth-order valence-corrected chi connectivity index (χ4v) is 1.64. The van der Waals surface area contributed by atoms with E-state index in [1.165, 1.54) is 0 Å². The fraction of sp³-hybridized carbons (Fsp3) is 0.889. The van der Waals surface area contributed by atoms with E-state index < -0.39 is 5.97 Å². The summed E-state index contributed by atoms with van der Waals surface area (Å²) in [7, 11) is 0. The van der Waals surface area contributed by atoms with Crippen LogP contribution in [0.3, 0.4) is 0 Å². The van der Waals surface area contributed by atoms with Crippen molar-refractivity contribution >= 4 is 5.97 Å². The molecule has 0 aliphatic carbocycles. The Labute approximate surface area is 78.1 Å². The molecule has 0 radical (unpaired) electrons. The molecule has 0 saturated carbocycles. The van der Waals surface area contributed by atoms with E-state index in [4.69, 9.17) is 15.6 Å². The van der Waals surface area contributed by atoms with E-state index in [1.54, 1.807) is 0 Å². The predicted molar refractivity (Wildman–Crippen MR) is 48.4 cm³/mol. The number of carbonyl (C=O) groups is 1. The lowest BCUT2D eigenvalue weighted by Gasteiger charge is -2.38. The van der Waals surface area contributed by atoms with E-state index in [9.17, 15) is 4.79 Å². The first-order chi connectivity index (χ1) is 6.04. The standard InChI is InChI=1S/C9H17NO3/c1-9(2-4-13-5-3-9)7(10)6-8(11)12/h7H,2-6,10H2,1H3,(H,11,12). The number of carboxylic acids is 1. The Morgan fingerprint density at radius 2 is 2.15 bits per heavy atom. The lowest BCUT2D eigenvalue weighted by molar-refractivity contribution is -0.138. The van der Waals surface area contributed by atoms with Crippen LogP contribution in [0.15, 0.2) is 0 Å². The van der Waals surface area contributed by atoms with E-state index in [0.717, 1.165) is 12.8 Å². The first-order valence-electron chi connectivity index (χ1n) is 4.60. The van der Waals surface area contributed by atoms with Crippen molar-refractivity contribution in [1.82, 2.24) is 0 Å². The molecule has 0 aromatic carbocycles. The Bertz CT molecular complexity index is 187. The molecule has 1 aliphatic rings. The van der Waals surface area contributed by atoms with Crippen LogP contribution in [-0.4, -0.2) is 30.3 Å². The van der Waals surface area contributed by atoms with Crippen LogP contribution in [0.5, 0.6) is 0 Å².